The van der Waals surface area contributed by atoms with Crippen LogP contribution >= 0.6 is 15.9 Å². The van der Waals surface area contributed by atoms with Gasteiger partial charge in [-0.25, -0.2) is 13.4 Å². The van der Waals surface area contributed by atoms with Crippen molar-refractivity contribution in [1.82, 2.24) is 5.32 Å². The maximum absolute atomic E-state index is 11.1. The Labute approximate surface area is 79.8 Å². The molecule has 0 aromatic rings. The predicted octanol–water partition coefficient (Wildman–Crippen LogP) is 0.617. The molecule has 68 valence electrons. The maximum Gasteiger partial charge on any atom is 0.225 e. The molecule has 0 aliphatic carbocycles. The zero-order valence-electron chi connectivity index (χ0n) is 6.54. The second-order valence-electron chi connectivity index (χ2n) is 2.30. The van der Waals surface area contributed by atoms with Gasteiger partial charge in [0.05, 0.1) is 11.1 Å². The summed E-state index contributed by atoms with van der Waals surface area (Å²) in [5.41, 5.74) is 0.545. The van der Waals surface area contributed by atoms with Gasteiger partial charge in [-0.1, -0.05) is 6.92 Å². The lowest BCUT2D eigenvalue weighted by molar-refractivity contribution is 0.616. The van der Waals surface area contributed by atoms with Crippen LogP contribution in [-0.4, -0.2) is 25.5 Å². The number of hydrogen-bond donors (Lipinski definition) is 1. The molecule has 1 rings (SSSR count). The summed E-state index contributed by atoms with van der Waals surface area (Å²) >= 11 is 2.87. The molecule has 4 nitrogen and oxygen atoms in total. The van der Waals surface area contributed by atoms with E-state index in [1.54, 1.807) is 0 Å². The molecule has 0 fully saturated rings. The van der Waals surface area contributed by atoms with Gasteiger partial charge in [-0.15, -0.1) is 0 Å². The van der Waals surface area contributed by atoms with Gasteiger partial charge in [0.2, 0.25) is 13.8 Å². The predicted molar refractivity (Wildman–Crippen MR) is 51.9 cm³/mol. The lowest BCUT2D eigenvalue weighted by atomic mass is 10.5. The summed E-state index contributed by atoms with van der Waals surface area (Å²) in [6.07, 6.45) is 0. The second kappa shape index (κ2) is 3.68. The van der Waals surface area contributed by atoms with Crippen molar-refractivity contribution < 1.29 is 8.42 Å². The van der Waals surface area contributed by atoms with Gasteiger partial charge in [-0.2, -0.15) is 0 Å². The lowest BCUT2D eigenvalue weighted by Crippen LogP contribution is -2.14. The molecule has 1 aliphatic rings. The molecule has 0 saturated heterocycles. The van der Waals surface area contributed by atoms with Crippen LogP contribution in [0.2, 0.25) is 0 Å². The molecule has 0 amide bonds. The van der Waals surface area contributed by atoms with E-state index in [1.165, 1.54) is 5.41 Å². The van der Waals surface area contributed by atoms with Gasteiger partial charge in [0.1, 0.15) is 0 Å². The Morgan fingerprint density at radius 1 is 1.67 bits per heavy atom. The maximum atomic E-state index is 11.1. The van der Waals surface area contributed by atoms with Crippen LogP contribution in [0.25, 0.3) is 0 Å². The number of rotatable bonds is 3. The van der Waals surface area contributed by atoms with E-state index < -0.39 is 9.84 Å². The van der Waals surface area contributed by atoms with Crippen LogP contribution in [0.4, 0.5) is 0 Å². The number of nitrogens with one attached hydrogen (secondary N) is 1. The van der Waals surface area contributed by atoms with Gasteiger partial charge >= 0.3 is 0 Å². The monoisotopic (exact) mass is 252 g/mol. The minimum absolute atomic E-state index is 0.00269. The van der Waals surface area contributed by atoms with Gasteiger partial charge < -0.3 is 5.32 Å². The third kappa shape index (κ3) is 2.15. The molecule has 6 heteroatoms. The topological polar surface area (TPSA) is 58.5 Å². The zero-order valence-corrected chi connectivity index (χ0v) is 8.94. The Morgan fingerprint density at radius 2 is 2.33 bits per heavy atom. The van der Waals surface area contributed by atoms with Crippen molar-refractivity contribution in [1.29, 1.82) is 0 Å². The highest BCUT2D eigenvalue weighted by molar-refractivity contribution is 9.21. The summed E-state index contributed by atoms with van der Waals surface area (Å²) in [5, 5.41) is 4.15. The van der Waals surface area contributed by atoms with E-state index in [0.717, 1.165) is 6.54 Å². The molecular formula is C6H9BrN2O2S. The summed E-state index contributed by atoms with van der Waals surface area (Å²) < 4.78 is 22.1. The third-order valence-electron chi connectivity index (χ3n) is 1.31. The Hall–Kier alpha value is -0.200. The molecule has 0 unspecified atom stereocenters. The first kappa shape index (κ1) is 9.88. The molecule has 1 heterocycles. The van der Waals surface area contributed by atoms with Crippen molar-refractivity contribution in [3.63, 3.8) is 0 Å². The summed E-state index contributed by atoms with van der Waals surface area (Å²) in [4.78, 5) is 3.82. The zero-order chi connectivity index (χ0) is 9.19. The van der Waals surface area contributed by atoms with Crippen molar-refractivity contribution in [2.24, 2.45) is 4.99 Å². The standard InChI is InChI=1S/C6H9BrN2O2S/c1-2-8-3-5-4-12(10,11)6(7)9-5/h4,8H,2-3H2,1H3. The second-order valence-corrected chi connectivity index (χ2v) is 5.29. The average Bonchev–Trinajstić information content (AvgIpc) is 2.22. The number of sulfone groups is 1. The molecule has 0 spiro atoms. The highest BCUT2D eigenvalue weighted by Crippen LogP contribution is 2.17. The van der Waals surface area contributed by atoms with Crippen molar-refractivity contribution in [2.75, 3.05) is 13.1 Å². The van der Waals surface area contributed by atoms with Gasteiger partial charge in [0.25, 0.3) is 0 Å². The number of likely N-dealkylation sites (N-methyl/N-ethyl adjacent to an activating group) is 1. The van der Waals surface area contributed by atoms with E-state index in [9.17, 15) is 8.42 Å². The van der Waals surface area contributed by atoms with E-state index in [1.807, 2.05) is 6.92 Å². The molecule has 0 aromatic heterocycles. The third-order valence-corrected chi connectivity index (χ3v) is 3.99. The molecule has 0 bridgehead atoms. The van der Waals surface area contributed by atoms with E-state index in [2.05, 4.69) is 26.2 Å². The van der Waals surface area contributed by atoms with E-state index >= 15 is 0 Å². The molecule has 0 radical (unpaired) electrons. The highest BCUT2D eigenvalue weighted by atomic mass is 79.9. The molecule has 12 heavy (non-hydrogen) atoms. The SMILES string of the molecule is CCNCC1=CS(=O)(=O)C(Br)=N1. The number of aliphatic imine (C=N–C) groups is 1. The van der Waals surface area contributed by atoms with Crippen molar-refractivity contribution in [2.45, 2.75) is 6.92 Å². The number of halogens is 1. The van der Waals surface area contributed by atoms with Crippen LogP contribution in [0.3, 0.4) is 0 Å². The van der Waals surface area contributed by atoms with E-state index in [4.69, 9.17) is 0 Å². The minimum atomic E-state index is -3.24. The van der Waals surface area contributed by atoms with E-state index in [-0.39, 0.29) is 3.95 Å². The fourth-order valence-electron chi connectivity index (χ4n) is 0.765. The summed E-state index contributed by atoms with van der Waals surface area (Å²) in [6, 6.07) is 0. The van der Waals surface area contributed by atoms with Gasteiger partial charge in [-0.05, 0) is 22.5 Å². The molecular weight excluding hydrogens is 244 g/mol. The highest BCUT2D eigenvalue weighted by Gasteiger charge is 2.21. The van der Waals surface area contributed by atoms with Crippen molar-refractivity contribution in [3.05, 3.63) is 11.1 Å². The molecule has 0 saturated carbocycles. The van der Waals surface area contributed by atoms with Crippen LogP contribution in [-0.2, 0) is 9.84 Å². The molecule has 0 atom stereocenters. The van der Waals surface area contributed by atoms with Gasteiger partial charge in [0.15, 0.2) is 0 Å². The van der Waals surface area contributed by atoms with Crippen molar-refractivity contribution in [3.8, 4) is 0 Å². The Balaban J connectivity index is 2.73. The van der Waals surface area contributed by atoms with Crippen molar-refractivity contribution >= 4 is 29.7 Å². The Bertz CT molecular complexity index is 331. The van der Waals surface area contributed by atoms with Crippen LogP contribution < -0.4 is 5.32 Å². The first-order valence-electron chi connectivity index (χ1n) is 3.47. The summed E-state index contributed by atoms with van der Waals surface area (Å²) in [5.74, 6) is 0. The number of hydrogen-bond acceptors (Lipinski definition) is 4. The normalized spacial score (nSPS) is 20.5. The van der Waals surface area contributed by atoms with Crippen LogP contribution in [0, 0.1) is 0 Å². The fraction of sp³-hybridized carbons (Fsp3) is 0.500. The average molecular weight is 253 g/mol. The van der Waals surface area contributed by atoms with Crippen LogP contribution in [0.1, 0.15) is 6.92 Å². The summed E-state index contributed by atoms with van der Waals surface area (Å²) in [6.45, 7) is 3.23. The van der Waals surface area contributed by atoms with Gasteiger partial charge in [0, 0.05) is 6.54 Å². The summed E-state index contributed by atoms with van der Waals surface area (Å²) in [7, 11) is -3.24. The van der Waals surface area contributed by atoms with Gasteiger partial charge in [-0.3, -0.25) is 0 Å². The first-order chi connectivity index (χ1) is 5.56. The molecule has 1 aliphatic heterocycles. The smallest absolute Gasteiger partial charge is 0.225 e. The quantitative estimate of drug-likeness (QED) is 0.802. The Kier molecular flexibility index (Phi) is 3.03. The largest absolute Gasteiger partial charge is 0.311 e. The van der Waals surface area contributed by atoms with E-state index in [0.29, 0.717) is 12.2 Å². The number of nitrogens with zero attached hydrogens (tertiary/aromatic N) is 1. The molecule has 1 N–H and O–H groups in total. The Morgan fingerprint density at radius 3 is 2.75 bits per heavy atom. The van der Waals surface area contributed by atoms with Crippen LogP contribution in [0.5, 0.6) is 0 Å². The van der Waals surface area contributed by atoms with Crippen LogP contribution in [0.15, 0.2) is 16.1 Å². The fourth-order valence-corrected chi connectivity index (χ4v) is 2.11. The minimum Gasteiger partial charge on any atom is -0.311 e. The molecule has 0 aromatic carbocycles. The lowest BCUT2D eigenvalue weighted by Gasteiger charge is -1.96. The first-order valence-corrected chi connectivity index (χ1v) is 5.81.